The molecule has 0 spiro atoms. The molecule has 0 fully saturated rings. The number of thioether (sulfide) groups is 1. The SMILES string of the molecule is COc1cc(CCC(=O)Nc2nnc(SCc3ccc(C#N)cc3)s2)cc(OC)c1OC. The second-order valence-electron chi connectivity index (χ2n) is 6.55. The van der Waals surface area contributed by atoms with E-state index in [0.29, 0.717) is 40.1 Å². The molecule has 166 valence electrons. The van der Waals surface area contributed by atoms with Crippen molar-refractivity contribution in [1.29, 1.82) is 5.26 Å². The Morgan fingerprint density at radius 2 is 1.75 bits per heavy atom. The van der Waals surface area contributed by atoms with Crippen molar-refractivity contribution in [3.8, 4) is 23.3 Å². The molecule has 10 heteroatoms. The molecule has 0 saturated heterocycles. The molecule has 1 N–H and O–H groups in total. The van der Waals surface area contributed by atoms with Crippen LogP contribution >= 0.6 is 23.1 Å². The highest BCUT2D eigenvalue weighted by molar-refractivity contribution is 8.00. The van der Waals surface area contributed by atoms with E-state index in [0.717, 1.165) is 15.5 Å². The number of ether oxygens (including phenoxy) is 3. The number of amides is 1. The molecule has 2 aromatic carbocycles. The number of hydrogen-bond donors (Lipinski definition) is 1. The van der Waals surface area contributed by atoms with Crippen LogP contribution in [0, 0.1) is 11.3 Å². The first-order valence-electron chi connectivity index (χ1n) is 9.60. The summed E-state index contributed by atoms with van der Waals surface area (Å²) in [6.07, 6.45) is 0.771. The molecule has 0 atom stereocenters. The second-order valence-corrected chi connectivity index (χ2v) is 8.75. The van der Waals surface area contributed by atoms with Gasteiger partial charge in [-0.05, 0) is 41.8 Å². The summed E-state index contributed by atoms with van der Waals surface area (Å²) < 4.78 is 16.8. The molecule has 0 radical (unpaired) electrons. The van der Waals surface area contributed by atoms with Gasteiger partial charge in [-0.25, -0.2) is 0 Å². The Hall–Kier alpha value is -3.29. The lowest BCUT2D eigenvalue weighted by molar-refractivity contribution is -0.116. The lowest BCUT2D eigenvalue weighted by Gasteiger charge is -2.14. The summed E-state index contributed by atoms with van der Waals surface area (Å²) in [4.78, 5) is 12.4. The summed E-state index contributed by atoms with van der Waals surface area (Å²) in [5, 5.41) is 20.3. The van der Waals surface area contributed by atoms with E-state index in [9.17, 15) is 4.79 Å². The van der Waals surface area contributed by atoms with Crippen LogP contribution < -0.4 is 19.5 Å². The maximum atomic E-state index is 12.4. The van der Waals surface area contributed by atoms with Crippen molar-refractivity contribution in [3.05, 3.63) is 53.1 Å². The largest absolute Gasteiger partial charge is 0.493 e. The van der Waals surface area contributed by atoms with E-state index < -0.39 is 0 Å². The van der Waals surface area contributed by atoms with Crippen LogP contribution in [0.25, 0.3) is 0 Å². The molecular formula is C22H22N4O4S2. The minimum atomic E-state index is -0.154. The quantitative estimate of drug-likeness (QED) is 0.345. The number of methoxy groups -OCH3 is 3. The maximum Gasteiger partial charge on any atom is 0.226 e. The molecule has 3 aromatic rings. The first kappa shape index (κ1) is 23.4. The van der Waals surface area contributed by atoms with Crippen LogP contribution in [0.15, 0.2) is 40.7 Å². The zero-order valence-corrected chi connectivity index (χ0v) is 19.5. The van der Waals surface area contributed by atoms with E-state index in [1.165, 1.54) is 23.1 Å². The van der Waals surface area contributed by atoms with Crippen molar-refractivity contribution in [2.45, 2.75) is 22.9 Å². The summed E-state index contributed by atoms with van der Waals surface area (Å²) >= 11 is 2.85. The van der Waals surface area contributed by atoms with Crippen LogP contribution in [0.4, 0.5) is 5.13 Å². The summed E-state index contributed by atoms with van der Waals surface area (Å²) in [6.45, 7) is 0. The van der Waals surface area contributed by atoms with Gasteiger partial charge in [0.1, 0.15) is 0 Å². The number of rotatable bonds is 10. The van der Waals surface area contributed by atoms with Crippen LogP contribution in [-0.2, 0) is 17.0 Å². The van der Waals surface area contributed by atoms with Gasteiger partial charge in [0, 0.05) is 12.2 Å². The van der Waals surface area contributed by atoms with Gasteiger partial charge < -0.3 is 19.5 Å². The lowest BCUT2D eigenvalue weighted by atomic mass is 10.1. The molecule has 0 aliphatic rings. The predicted molar refractivity (Wildman–Crippen MR) is 124 cm³/mol. The van der Waals surface area contributed by atoms with E-state index in [1.807, 2.05) is 24.3 Å². The molecular weight excluding hydrogens is 448 g/mol. The molecule has 0 unspecified atom stereocenters. The van der Waals surface area contributed by atoms with Gasteiger partial charge in [-0.15, -0.1) is 10.2 Å². The first-order valence-corrected chi connectivity index (χ1v) is 11.4. The van der Waals surface area contributed by atoms with E-state index >= 15 is 0 Å². The van der Waals surface area contributed by atoms with Crippen LogP contribution in [0.2, 0.25) is 0 Å². The van der Waals surface area contributed by atoms with Gasteiger partial charge in [0.15, 0.2) is 15.8 Å². The summed E-state index contributed by atoms with van der Waals surface area (Å²) in [6, 6.07) is 13.2. The van der Waals surface area contributed by atoms with Crippen molar-refractivity contribution < 1.29 is 19.0 Å². The molecule has 1 amide bonds. The Morgan fingerprint density at radius 1 is 1.06 bits per heavy atom. The van der Waals surface area contributed by atoms with E-state index in [1.54, 1.807) is 33.5 Å². The fourth-order valence-corrected chi connectivity index (χ4v) is 4.58. The van der Waals surface area contributed by atoms with Crippen LogP contribution in [0.1, 0.15) is 23.1 Å². The van der Waals surface area contributed by atoms with Crippen molar-refractivity contribution in [2.24, 2.45) is 0 Å². The summed E-state index contributed by atoms with van der Waals surface area (Å²) in [7, 11) is 4.66. The summed E-state index contributed by atoms with van der Waals surface area (Å²) in [5.41, 5.74) is 2.61. The third-order valence-electron chi connectivity index (χ3n) is 4.46. The van der Waals surface area contributed by atoms with Crippen LogP contribution in [0.5, 0.6) is 17.2 Å². The highest BCUT2D eigenvalue weighted by Gasteiger charge is 2.15. The van der Waals surface area contributed by atoms with Crippen molar-refractivity contribution in [2.75, 3.05) is 26.6 Å². The normalized spacial score (nSPS) is 10.3. The molecule has 3 rings (SSSR count). The number of carbonyl (C=O) groups is 1. The number of nitrogens with zero attached hydrogens (tertiary/aromatic N) is 3. The van der Waals surface area contributed by atoms with Gasteiger partial charge in [0.2, 0.25) is 16.8 Å². The molecule has 32 heavy (non-hydrogen) atoms. The smallest absolute Gasteiger partial charge is 0.226 e. The Kier molecular flexibility index (Phi) is 8.30. The third kappa shape index (κ3) is 6.12. The van der Waals surface area contributed by atoms with Crippen molar-refractivity contribution in [3.63, 3.8) is 0 Å². The number of anilines is 1. The van der Waals surface area contributed by atoms with Gasteiger partial charge >= 0.3 is 0 Å². The minimum Gasteiger partial charge on any atom is -0.493 e. The number of aromatic nitrogens is 2. The van der Waals surface area contributed by atoms with Crippen LogP contribution in [-0.4, -0.2) is 37.4 Å². The lowest BCUT2D eigenvalue weighted by Crippen LogP contribution is -2.12. The van der Waals surface area contributed by atoms with Crippen molar-refractivity contribution >= 4 is 34.1 Å². The van der Waals surface area contributed by atoms with E-state index in [-0.39, 0.29) is 12.3 Å². The zero-order valence-electron chi connectivity index (χ0n) is 17.9. The van der Waals surface area contributed by atoms with Gasteiger partial charge in [-0.2, -0.15) is 5.26 Å². The molecule has 1 aromatic heterocycles. The number of nitriles is 1. The van der Waals surface area contributed by atoms with E-state index in [2.05, 4.69) is 21.6 Å². The minimum absolute atomic E-state index is 0.154. The average molecular weight is 471 g/mol. The standard InChI is InChI=1S/C22H22N4O4S2/c1-28-17-10-16(11-18(29-2)20(17)30-3)8-9-19(27)24-21-25-26-22(32-21)31-13-15-6-4-14(12-23)5-7-15/h4-7,10-11H,8-9,13H2,1-3H3,(H,24,25,27). The number of benzene rings is 2. The highest BCUT2D eigenvalue weighted by Crippen LogP contribution is 2.38. The molecule has 1 heterocycles. The fraction of sp³-hybridized carbons (Fsp3) is 0.273. The van der Waals surface area contributed by atoms with E-state index in [4.69, 9.17) is 19.5 Å². The van der Waals surface area contributed by atoms with Gasteiger partial charge in [0.05, 0.1) is 33.0 Å². The molecule has 0 bridgehead atoms. The Balaban J connectivity index is 1.52. The maximum absolute atomic E-state index is 12.4. The Labute approximate surface area is 194 Å². The topological polar surface area (TPSA) is 106 Å². The summed E-state index contributed by atoms with van der Waals surface area (Å²) in [5.74, 6) is 2.17. The average Bonchev–Trinajstić information content (AvgIpc) is 3.27. The number of aryl methyl sites for hydroxylation is 1. The first-order chi connectivity index (χ1) is 15.6. The third-order valence-corrected chi connectivity index (χ3v) is 6.51. The fourth-order valence-electron chi connectivity index (χ4n) is 2.86. The number of nitrogens with one attached hydrogen (secondary N) is 1. The second kappa shape index (κ2) is 11.4. The predicted octanol–water partition coefficient (Wildman–Crippen LogP) is 4.30. The molecule has 0 aliphatic carbocycles. The zero-order chi connectivity index (χ0) is 22.9. The van der Waals surface area contributed by atoms with Gasteiger partial charge in [-0.1, -0.05) is 35.2 Å². The monoisotopic (exact) mass is 470 g/mol. The number of carbonyl (C=O) groups excluding carboxylic acids is 1. The molecule has 0 aliphatic heterocycles. The Bertz CT molecular complexity index is 1080. The van der Waals surface area contributed by atoms with Gasteiger partial charge in [0.25, 0.3) is 0 Å². The van der Waals surface area contributed by atoms with Crippen LogP contribution in [0.3, 0.4) is 0 Å². The molecule has 0 saturated carbocycles. The molecule has 8 nitrogen and oxygen atoms in total. The number of hydrogen-bond acceptors (Lipinski definition) is 9. The van der Waals surface area contributed by atoms with Gasteiger partial charge in [-0.3, -0.25) is 4.79 Å². The Morgan fingerprint density at radius 3 is 2.34 bits per heavy atom. The highest BCUT2D eigenvalue weighted by atomic mass is 32.2. The van der Waals surface area contributed by atoms with Crippen molar-refractivity contribution in [1.82, 2.24) is 10.2 Å².